The number of rotatable bonds is 5. The van der Waals surface area contributed by atoms with E-state index < -0.39 is 5.25 Å². The van der Waals surface area contributed by atoms with Crippen LogP contribution in [0.2, 0.25) is 0 Å². The van der Waals surface area contributed by atoms with Crippen LogP contribution in [0.1, 0.15) is 16.6 Å². The maximum Gasteiger partial charge on any atom is 0.243 e. The molecule has 0 fully saturated rings. The number of hydrogen-bond acceptors (Lipinski definition) is 4. The van der Waals surface area contributed by atoms with E-state index in [0.29, 0.717) is 16.5 Å². The number of benzene rings is 2. The van der Waals surface area contributed by atoms with Gasteiger partial charge in [0.1, 0.15) is 16.8 Å². The van der Waals surface area contributed by atoms with E-state index in [2.05, 4.69) is 10.5 Å². The van der Waals surface area contributed by atoms with Crippen LogP contribution in [0.15, 0.2) is 70.1 Å². The lowest BCUT2D eigenvalue weighted by atomic mass is 10.1. The van der Waals surface area contributed by atoms with Gasteiger partial charge in [0.2, 0.25) is 5.91 Å². The molecule has 0 aliphatic rings. The van der Waals surface area contributed by atoms with Crippen LogP contribution in [0.3, 0.4) is 0 Å². The van der Waals surface area contributed by atoms with Gasteiger partial charge in [-0.05, 0) is 24.6 Å². The van der Waals surface area contributed by atoms with Crippen LogP contribution in [0.25, 0.3) is 0 Å². The predicted molar refractivity (Wildman–Crippen MR) is 91.3 cm³/mol. The van der Waals surface area contributed by atoms with Crippen LogP contribution in [-0.4, -0.2) is 11.1 Å². The van der Waals surface area contributed by atoms with Crippen molar-refractivity contribution in [2.24, 2.45) is 0 Å². The lowest BCUT2D eigenvalue weighted by molar-refractivity contribution is -0.115. The zero-order valence-electron chi connectivity index (χ0n) is 12.9. The smallest absolute Gasteiger partial charge is 0.243 e. The molecule has 0 saturated heterocycles. The highest BCUT2D eigenvalue weighted by molar-refractivity contribution is 8.00. The van der Waals surface area contributed by atoms with Crippen molar-refractivity contribution < 1.29 is 13.7 Å². The van der Waals surface area contributed by atoms with Crippen molar-refractivity contribution in [3.63, 3.8) is 0 Å². The molecule has 0 spiro atoms. The van der Waals surface area contributed by atoms with E-state index in [9.17, 15) is 9.18 Å². The minimum Gasteiger partial charge on any atom is -0.360 e. The van der Waals surface area contributed by atoms with Gasteiger partial charge in [-0.1, -0.05) is 47.6 Å². The van der Waals surface area contributed by atoms with Gasteiger partial charge in [-0.3, -0.25) is 4.79 Å². The molecule has 6 heteroatoms. The monoisotopic (exact) mass is 342 g/mol. The van der Waals surface area contributed by atoms with E-state index >= 15 is 0 Å². The molecular formula is C18H15FN2O2S. The number of carbonyl (C=O) groups excluding carboxylic acids is 1. The fraction of sp³-hybridized carbons (Fsp3) is 0.111. The Kier molecular flexibility index (Phi) is 4.96. The molecular weight excluding hydrogens is 327 g/mol. The summed E-state index contributed by atoms with van der Waals surface area (Å²) in [7, 11) is 0. The molecule has 4 nitrogen and oxygen atoms in total. The van der Waals surface area contributed by atoms with Crippen LogP contribution < -0.4 is 5.32 Å². The van der Waals surface area contributed by atoms with Crippen LogP contribution in [0.5, 0.6) is 0 Å². The summed E-state index contributed by atoms with van der Waals surface area (Å²) in [6.45, 7) is 1.74. The lowest BCUT2D eigenvalue weighted by Gasteiger charge is -2.16. The van der Waals surface area contributed by atoms with Gasteiger partial charge in [-0.2, -0.15) is 0 Å². The maximum absolute atomic E-state index is 14.0. The maximum atomic E-state index is 14.0. The SMILES string of the molecule is Cc1cc(NC(=O)C(Sc2ccccc2F)c2ccccc2)no1. The molecule has 3 aromatic rings. The molecule has 122 valence electrons. The summed E-state index contributed by atoms with van der Waals surface area (Å²) in [6, 6.07) is 17.3. The Hall–Kier alpha value is -2.60. The van der Waals surface area contributed by atoms with Gasteiger partial charge in [0.25, 0.3) is 0 Å². The molecule has 0 aliphatic carbocycles. The number of hydrogen-bond donors (Lipinski definition) is 1. The van der Waals surface area contributed by atoms with Gasteiger partial charge < -0.3 is 9.84 Å². The molecule has 1 unspecified atom stereocenters. The van der Waals surface area contributed by atoms with E-state index in [-0.39, 0.29) is 11.7 Å². The Bertz CT molecular complexity index is 836. The van der Waals surface area contributed by atoms with Crippen molar-refractivity contribution in [3.05, 3.63) is 77.8 Å². The summed E-state index contributed by atoms with van der Waals surface area (Å²) in [4.78, 5) is 13.1. The van der Waals surface area contributed by atoms with E-state index in [1.54, 1.807) is 31.2 Å². The van der Waals surface area contributed by atoms with Crippen LogP contribution in [0.4, 0.5) is 10.2 Å². The molecule has 0 aliphatic heterocycles. The van der Waals surface area contributed by atoms with Crippen molar-refractivity contribution in [1.29, 1.82) is 0 Å². The summed E-state index contributed by atoms with van der Waals surface area (Å²) in [5.74, 6) is 0.298. The zero-order chi connectivity index (χ0) is 16.9. The highest BCUT2D eigenvalue weighted by Crippen LogP contribution is 2.37. The third kappa shape index (κ3) is 3.83. The number of nitrogens with one attached hydrogen (secondary N) is 1. The standard InChI is InChI=1S/C18H15FN2O2S/c1-12-11-16(21-23-12)20-18(22)17(13-7-3-2-4-8-13)24-15-10-6-5-9-14(15)19/h2-11,17H,1H3,(H,20,21,22). The van der Waals surface area contributed by atoms with E-state index in [1.807, 2.05) is 30.3 Å². The average molecular weight is 342 g/mol. The number of thioether (sulfide) groups is 1. The highest BCUT2D eigenvalue weighted by Gasteiger charge is 2.24. The number of anilines is 1. The average Bonchev–Trinajstić information content (AvgIpc) is 2.99. The summed E-state index contributed by atoms with van der Waals surface area (Å²) in [5.41, 5.74) is 0.781. The van der Waals surface area contributed by atoms with Crippen molar-refractivity contribution in [1.82, 2.24) is 5.16 Å². The Labute approximate surface area is 143 Å². The summed E-state index contributed by atoms with van der Waals surface area (Å²) >= 11 is 1.16. The zero-order valence-corrected chi connectivity index (χ0v) is 13.7. The molecule has 0 saturated carbocycles. The normalized spacial score (nSPS) is 11.9. The summed E-state index contributed by atoms with van der Waals surface area (Å²) in [6.07, 6.45) is 0. The van der Waals surface area contributed by atoms with E-state index in [4.69, 9.17) is 4.52 Å². The van der Waals surface area contributed by atoms with Crippen molar-refractivity contribution in [2.45, 2.75) is 17.1 Å². The number of aryl methyl sites for hydroxylation is 1. The van der Waals surface area contributed by atoms with Gasteiger partial charge in [-0.15, -0.1) is 11.8 Å². The Balaban J connectivity index is 1.87. The van der Waals surface area contributed by atoms with Crippen LogP contribution >= 0.6 is 11.8 Å². The second-order valence-corrected chi connectivity index (χ2v) is 6.30. The molecule has 0 radical (unpaired) electrons. The molecule has 1 atom stereocenters. The largest absolute Gasteiger partial charge is 0.360 e. The molecule has 1 amide bonds. The van der Waals surface area contributed by atoms with Crippen LogP contribution in [-0.2, 0) is 4.79 Å². The van der Waals surface area contributed by atoms with E-state index in [0.717, 1.165) is 17.3 Å². The molecule has 0 bridgehead atoms. The Morgan fingerprint density at radius 1 is 1.17 bits per heavy atom. The van der Waals surface area contributed by atoms with Crippen molar-refractivity contribution in [2.75, 3.05) is 5.32 Å². The molecule has 1 N–H and O–H groups in total. The minimum absolute atomic E-state index is 0.289. The van der Waals surface area contributed by atoms with Crippen LogP contribution in [0, 0.1) is 12.7 Å². The molecule has 24 heavy (non-hydrogen) atoms. The second-order valence-electron chi connectivity index (χ2n) is 5.15. The van der Waals surface area contributed by atoms with Gasteiger partial charge in [0, 0.05) is 11.0 Å². The Morgan fingerprint density at radius 2 is 1.88 bits per heavy atom. The minimum atomic E-state index is -0.611. The second kappa shape index (κ2) is 7.31. The number of carbonyl (C=O) groups is 1. The van der Waals surface area contributed by atoms with E-state index in [1.165, 1.54) is 6.07 Å². The fourth-order valence-corrected chi connectivity index (χ4v) is 3.24. The number of amides is 1. The third-order valence-electron chi connectivity index (χ3n) is 3.30. The van der Waals surface area contributed by atoms with Gasteiger partial charge in [0.05, 0.1) is 0 Å². The predicted octanol–water partition coefficient (Wildman–Crippen LogP) is 4.59. The fourth-order valence-electron chi connectivity index (χ4n) is 2.19. The molecule has 3 rings (SSSR count). The van der Waals surface area contributed by atoms with Crippen molar-refractivity contribution >= 4 is 23.5 Å². The molecule has 1 heterocycles. The summed E-state index contributed by atoms with van der Waals surface area (Å²) in [5, 5.41) is 5.87. The first kappa shape index (κ1) is 16.3. The van der Waals surface area contributed by atoms with Gasteiger partial charge >= 0.3 is 0 Å². The number of halogens is 1. The Morgan fingerprint density at radius 3 is 2.54 bits per heavy atom. The highest BCUT2D eigenvalue weighted by atomic mass is 32.2. The molecule has 1 aromatic heterocycles. The first-order valence-corrected chi connectivity index (χ1v) is 8.22. The first-order chi connectivity index (χ1) is 11.6. The third-order valence-corrected chi connectivity index (χ3v) is 4.61. The quantitative estimate of drug-likeness (QED) is 0.689. The van der Waals surface area contributed by atoms with Gasteiger partial charge in [0.15, 0.2) is 5.82 Å². The lowest BCUT2D eigenvalue weighted by Crippen LogP contribution is -2.19. The summed E-state index contributed by atoms with van der Waals surface area (Å²) < 4.78 is 18.9. The topological polar surface area (TPSA) is 55.1 Å². The van der Waals surface area contributed by atoms with Crippen molar-refractivity contribution in [3.8, 4) is 0 Å². The number of aromatic nitrogens is 1. The van der Waals surface area contributed by atoms with Gasteiger partial charge in [-0.25, -0.2) is 4.39 Å². The first-order valence-electron chi connectivity index (χ1n) is 7.34. The number of nitrogens with zero attached hydrogens (tertiary/aromatic N) is 1. The molecule has 2 aromatic carbocycles.